The van der Waals surface area contributed by atoms with E-state index < -0.39 is 41.1 Å². The Morgan fingerprint density at radius 1 is 1.08 bits per heavy atom. The summed E-state index contributed by atoms with van der Waals surface area (Å²) in [7, 11) is 0. The number of fused-ring (bicyclic) bond motifs is 2. The molecule has 1 N–H and O–H groups in total. The maximum absolute atomic E-state index is 14.4. The summed E-state index contributed by atoms with van der Waals surface area (Å²) in [5.74, 6) is -2.58. The second kappa shape index (κ2) is 10.9. The zero-order valence-corrected chi connectivity index (χ0v) is 23.0. The molecule has 4 aliphatic heterocycles. The summed E-state index contributed by atoms with van der Waals surface area (Å²) < 4.78 is 12.5. The van der Waals surface area contributed by atoms with E-state index in [2.05, 4.69) is 6.92 Å². The first-order valence-corrected chi connectivity index (χ1v) is 14.1. The van der Waals surface area contributed by atoms with E-state index >= 15 is 0 Å². The number of allylic oxidation sites excluding steroid dienone is 1. The first-order chi connectivity index (χ1) is 17.6. The minimum Gasteiger partial charge on any atom is -0.465 e. The van der Waals surface area contributed by atoms with Crippen molar-refractivity contribution in [3.05, 3.63) is 24.3 Å². The summed E-state index contributed by atoms with van der Waals surface area (Å²) in [6.07, 6.45) is 12.5. The Balaban J connectivity index is 1.88. The highest BCUT2D eigenvalue weighted by Crippen LogP contribution is 2.57. The van der Waals surface area contributed by atoms with Gasteiger partial charge in [-0.2, -0.15) is 0 Å². The van der Waals surface area contributed by atoms with Crippen LogP contribution < -0.4 is 0 Å². The van der Waals surface area contributed by atoms with Crippen LogP contribution in [-0.4, -0.2) is 81.8 Å². The lowest BCUT2D eigenvalue weighted by Crippen LogP contribution is -2.59. The van der Waals surface area contributed by atoms with Crippen molar-refractivity contribution in [2.75, 3.05) is 19.8 Å². The molecule has 0 radical (unpaired) electrons. The highest BCUT2D eigenvalue weighted by molar-refractivity contribution is 5.99. The fraction of sp³-hybridized carbons (Fsp3) is 0.759. The van der Waals surface area contributed by atoms with Gasteiger partial charge in [0.05, 0.1) is 30.8 Å². The van der Waals surface area contributed by atoms with E-state index in [1.165, 1.54) is 0 Å². The minimum atomic E-state index is -1.32. The highest BCUT2D eigenvalue weighted by Gasteiger charge is 2.75. The molecular formula is C29H44N2O6. The maximum Gasteiger partial charge on any atom is 0.313 e. The first-order valence-electron chi connectivity index (χ1n) is 14.1. The number of hydrogen-bond donors (Lipinski definition) is 1. The summed E-state index contributed by atoms with van der Waals surface area (Å²) in [6, 6.07) is -1.54. The quantitative estimate of drug-likeness (QED) is 0.412. The molecule has 0 aromatic heterocycles. The van der Waals surface area contributed by atoms with Crippen molar-refractivity contribution >= 4 is 17.8 Å². The number of likely N-dealkylation sites (tertiary alicyclic amines) is 1. The van der Waals surface area contributed by atoms with Gasteiger partial charge in [0.2, 0.25) is 11.8 Å². The Morgan fingerprint density at radius 3 is 2.51 bits per heavy atom. The molecule has 0 aromatic carbocycles. The van der Waals surface area contributed by atoms with E-state index in [-0.39, 0.29) is 30.4 Å². The van der Waals surface area contributed by atoms with Crippen molar-refractivity contribution in [2.45, 2.75) is 102 Å². The van der Waals surface area contributed by atoms with Crippen molar-refractivity contribution in [1.29, 1.82) is 0 Å². The lowest BCUT2D eigenvalue weighted by Gasteiger charge is -2.41. The Bertz CT molecular complexity index is 947. The van der Waals surface area contributed by atoms with Crippen LogP contribution >= 0.6 is 0 Å². The number of nitrogens with zero attached hydrogens (tertiary/aromatic N) is 2. The molecule has 8 heteroatoms. The van der Waals surface area contributed by atoms with Gasteiger partial charge in [0.25, 0.3) is 0 Å². The summed E-state index contributed by atoms with van der Waals surface area (Å²) in [6.45, 7) is 10.4. The van der Waals surface area contributed by atoms with Crippen LogP contribution in [-0.2, 0) is 23.9 Å². The first kappa shape index (κ1) is 27.8. The molecule has 206 valence electrons. The van der Waals surface area contributed by atoms with Crippen molar-refractivity contribution in [3.8, 4) is 0 Å². The molecule has 1 spiro atoms. The van der Waals surface area contributed by atoms with Crippen LogP contribution in [0.4, 0.5) is 0 Å². The number of esters is 1. The predicted octanol–water partition coefficient (Wildman–Crippen LogP) is 3.23. The smallest absolute Gasteiger partial charge is 0.313 e. The molecule has 8 nitrogen and oxygen atoms in total. The Hall–Kier alpha value is -2.19. The molecule has 37 heavy (non-hydrogen) atoms. The molecule has 4 rings (SSSR count). The number of cyclic esters (lactones) is 1. The fourth-order valence-electron chi connectivity index (χ4n) is 6.94. The van der Waals surface area contributed by atoms with E-state index in [0.717, 1.165) is 32.1 Å². The molecule has 7 atom stereocenters. The van der Waals surface area contributed by atoms with Crippen LogP contribution in [0.3, 0.4) is 0 Å². The number of ether oxygens (including phenoxy) is 2. The van der Waals surface area contributed by atoms with E-state index in [1.807, 2.05) is 56.9 Å². The monoisotopic (exact) mass is 516 g/mol. The lowest BCUT2D eigenvalue weighted by molar-refractivity contribution is -0.162. The second-order valence-electron chi connectivity index (χ2n) is 11.8. The van der Waals surface area contributed by atoms with Crippen LogP contribution in [0.25, 0.3) is 0 Å². The number of aliphatic hydroxyl groups is 1. The molecule has 4 heterocycles. The predicted molar refractivity (Wildman–Crippen MR) is 139 cm³/mol. The van der Waals surface area contributed by atoms with Gasteiger partial charge in [-0.05, 0) is 51.9 Å². The number of amides is 2. The lowest BCUT2D eigenvalue weighted by atomic mass is 9.74. The van der Waals surface area contributed by atoms with Crippen LogP contribution in [0.5, 0.6) is 0 Å². The summed E-state index contributed by atoms with van der Waals surface area (Å²) in [5.41, 5.74) is -2.42. The van der Waals surface area contributed by atoms with E-state index in [9.17, 15) is 19.5 Å². The third-order valence-corrected chi connectivity index (χ3v) is 8.56. The highest BCUT2D eigenvalue weighted by atomic mass is 16.6. The van der Waals surface area contributed by atoms with Crippen molar-refractivity contribution in [3.63, 3.8) is 0 Å². The zero-order valence-electron chi connectivity index (χ0n) is 23.0. The van der Waals surface area contributed by atoms with Crippen LogP contribution in [0.2, 0.25) is 0 Å². The van der Waals surface area contributed by atoms with Crippen LogP contribution in [0.15, 0.2) is 24.3 Å². The van der Waals surface area contributed by atoms with Gasteiger partial charge in [-0.15, -0.1) is 0 Å². The van der Waals surface area contributed by atoms with Gasteiger partial charge in [0.1, 0.15) is 17.6 Å². The summed E-state index contributed by atoms with van der Waals surface area (Å²) in [4.78, 5) is 45.7. The Labute approximate surface area is 221 Å². The normalized spacial score (nSPS) is 36.5. The van der Waals surface area contributed by atoms with Gasteiger partial charge in [-0.25, -0.2) is 0 Å². The van der Waals surface area contributed by atoms with Gasteiger partial charge >= 0.3 is 5.97 Å². The van der Waals surface area contributed by atoms with E-state index in [1.54, 1.807) is 4.90 Å². The second-order valence-corrected chi connectivity index (χ2v) is 11.8. The van der Waals surface area contributed by atoms with E-state index in [0.29, 0.717) is 19.6 Å². The van der Waals surface area contributed by atoms with Gasteiger partial charge in [0.15, 0.2) is 0 Å². The number of hydrogen-bond acceptors (Lipinski definition) is 6. The van der Waals surface area contributed by atoms with Crippen molar-refractivity contribution in [1.82, 2.24) is 9.80 Å². The largest absolute Gasteiger partial charge is 0.465 e. The average molecular weight is 517 g/mol. The van der Waals surface area contributed by atoms with Crippen molar-refractivity contribution < 1.29 is 29.0 Å². The molecule has 2 amide bonds. The molecule has 0 bridgehead atoms. The van der Waals surface area contributed by atoms with Gasteiger partial charge in [-0.3, -0.25) is 14.4 Å². The van der Waals surface area contributed by atoms with Crippen LogP contribution in [0, 0.1) is 17.8 Å². The Kier molecular flexibility index (Phi) is 8.19. The molecule has 0 saturated carbocycles. The SMILES string of the molecule is CCCC(C)N1CC=C[C@]23O[C@@]4(C)/C=C\CCCCOC(=O)[C@H]4[C@H]2C(=O)N([C@@H](CO)CC(C)C)C3C1=O. The molecule has 0 aliphatic carbocycles. The number of rotatable bonds is 7. The Morgan fingerprint density at radius 2 is 1.84 bits per heavy atom. The molecular weight excluding hydrogens is 472 g/mol. The molecule has 4 aliphatic rings. The topological polar surface area (TPSA) is 96.4 Å². The number of carbonyl (C=O) groups is 3. The molecule has 2 fully saturated rings. The molecule has 0 aromatic rings. The van der Waals surface area contributed by atoms with Crippen LogP contribution in [0.1, 0.15) is 73.1 Å². The zero-order chi connectivity index (χ0) is 27.0. The minimum absolute atomic E-state index is 0.0199. The van der Waals surface area contributed by atoms with Crippen molar-refractivity contribution in [2.24, 2.45) is 17.8 Å². The number of aliphatic hydroxyl groups excluding tert-OH is 1. The standard InChI is InChI=1S/C29H44N2O6/c1-6-12-20(4)30-15-11-14-29-22(23-27(35)36-16-10-8-7-9-13-28(23,5)37-29)25(33)31(24(29)26(30)34)21(18-32)17-19(2)3/h9,11,13-14,19-24,32H,6-8,10,12,15-18H2,1-5H3/b13-9-/t20?,21-,22+,23-,24?,28+,29+/m1/s1. The number of carbonyl (C=O) groups excluding carboxylic acids is 3. The summed E-state index contributed by atoms with van der Waals surface area (Å²) >= 11 is 0. The average Bonchev–Trinajstić information content (AvgIpc) is 3.17. The summed E-state index contributed by atoms with van der Waals surface area (Å²) in [5, 5.41) is 10.4. The van der Waals surface area contributed by atoms with E-state index in [4.69, 9.17) is 9.47 Å². The van der Waals surface area contributed by atoms with Gasteiger partial charge in [0, 0.05) is 12.6 Å². The fourth-order valence-corrected chi connectivity index (χ4v) is 6.94. The molecule has 2 unspecified atom stereocenters. The third-order valence-electron chi connectivity index (χ3n) is 8.56. The van der Waals surface area contributed by atoms with Gasteiger partial charge < -0.3 is 24.4 Å². The van der Waals surface area contributed by atoms with Gasteiger partial charge in [-0.1, -0.05) is 51.5 Å². The maximum atomic E-state index is 14.4. The molecule has 2 saturated heterocycles. The third kappa shape index (κ3) is 4.76.